The van der Waals surface area contributed by atoms with Crippen LogP contribution in [0.15, 0.2) is 36.4 Å². The monoisotopic (exact) mass is 270 g/mol. The number of nitrogens with one attached hydrogen (secondary N) is 1. The van der Waals surface area contributed by atoms with Crippen molar-refractivity contribution in [2.24, 2.45) is 0 Å². The first kappa shape index (κ1) is 14.4. The highest BCUT2D eigenvalue weighted by atomic mass is 16.5. The molecule has 3 nitrogen and oxygen atoms in total. The maximum Gasteiger partial charge on any atom is 0.130 e. The Morgan fingerprint density at radius 3 is 2.70 bits per heavy atom. The molecule has 0 saturated carbocycles. The molecule has 0 aliphatic heterocycles. The van der Waals surface area contributed by atoms with Crippen LogP contribution in [-0.2, 0) is 6.61 Å². The highest BCUT2D eigenvalue weighted by molar-refractivity contribution is 5.36. The molecule has 0 amide bonds. The number of aromatic nitrogens is 1. The zero-order chi connectivity index (χ0) is 14.4. The van der Waals surface area contributed by atoms with Gasteiger partial charge in [-0.1, -0.05) is 19.1 Å². The van der Waals surface area contributed by atoms with Crippen molar-refractivity contribution in [1.29, 1.82) is 0 Å². The van der Waals surface area contributed by atoms with Crippen LogP contribution >= 0.6 is 0 Å². The molecular formula is C17H22N2O. The summed E-state index contributed by atoms with van der Waals surface area (Å²) in [5.74, 6) is 1.80. The molecule has 0 aliphatic carbocycles. The van der Waals surface area contributed by atoms with Crippen molar-refractivity contribution < 1.29 is 4.74 Å². The van der Waals surface area contributed by atoms with Crippen molar-refractivity contribution in [3.63, 3.8) is 0 Å². The smallest absolute Gasteiger partial charge is 0.130 e. The molecule has 0 spiro atoms. The summed E-state index contributed by atoms with van der Waals surface area (Å²) < 4.78 is 5.80. The lowest BCUT2D eigenvalue weighted by atomic mass is 10.1. The van der Waals surface area contributed by atoms with E-state index in [2.05, 4.69) is 43.2 Å². The molecule has 0 atom stereocenters. The van der Waals surface area contributed by atoms with Crippen LogP contribution in [-0.4, -0.2) is 11.5 Å². The number of rotatable bonds is 6. The molecule has 2 rings (SSSR count). The second kappa shape index (κ2) is 6.94. The van der Waals surface area contributed by atoms with Gasteiger partial charge < -0.3 is 10.1 Å². The Bertz CT molecular complexity index is 567. The Morgan fingerprint density at radius 1 is 1.10 bits per heavy atom. The first-order chi connectivity index (χ1) is 9.69. The van der Waals surface area contributed by atoms with Gasteiger partial charge in [0.1, 0.15) is 18.2 Å². The zero-order valence-corrected chi connectivity index (χ0v) is 12.4. The van der Waals surface area contributed by atoms with Gasteiger partial charge in [-0.25, -0.2) is 4.98 Å². The summed E-state index contributed by atoms with van der Waals surface area (Å²) in [4.78, 5) is 4.53. The van der Waals surface area contributed by atoms with E-state index in [0.29, 0.717) is 6.61 Å². The van der Waals surface area contributed by atoms with Crippen molar-refractivity contribution in [2.45, 2.75) is 33.8 Å². The lowest BCUT2D eigenvalue weighted by molar-refractivity contribution is 0.301. The molecule has 20 heavy (non-hydrogen) atoms. The van der Waals surface area contributed by atoms with Crippen LogP contribution in [0.4, 0.5) is 5.82 Å². The quantitative estimate of drug-likeness (QED) is 0.858. The van der Waals surface area contributed by atoms with Gasteiger partial charge in [-0.3, -0.25) is 0 Å². The van der Waals surface area contributed by atoms with E-state index >= 15 is 0 Å². The Morgan fingerprint density at radius 2 is 1.95 bits per heavy atom. The molecule has 3 heteroatoms. The van der Waals surface area contributed by atoms with Gasteiger partial charge in [-0.05, 0) is 55.7 Å². The van der Waals surface area contributed by atoms with E-state index in [0.717, 1.165) is 30.2 Å². The summed E-state index contributed by atoms with van der Waals surface area (Å²) in [7, 11) is 0. The number of benzene rings is 1. The van der Waals surface area contributed by atoms with Gasteiger partial charge in [0, 0.05) is 6.54 Å². The van der Waals surface area contributed by atoms with E-state index in [-0.39, 0.29) is 0 Å². The van der Waals surface area contributed by atoms with E-state index in [1.807, 2.05) is 24.3 Å². The average molecular weight is 270 g/mol. The van der Waals surface area contributed by atoms with Gasteiger partial charge in [0.05, 0.1) is 5.69 Å². The third kappa shape index (κ3) is 3.98. The first-order valence-electron chi connectivity index (χ1n) is 7.09. The predicted molar refractivity (Wildman–Crippen MR) is 83.3 cm³/mol. The van der Waals surface area contributed by atoms with Crippen LogP contribution < -0.4 is 10.1 Å². The summed E-state index contributed by atoms with van der Waals surface area (Å²) in [5, 5.41) is 3.28. The predicted octanol–water partition coefficient (Wildman–Crippen LogP) is 4.10. The van der Waals surface area contributed by atoms with Crippen LogP contribution in [0.2, 0.25) is 0 Å². The largest absolute Gasteiger partial charge is 0.487 e. The van der Waals surface area contributed by atoms with E-state index < -0.39 is 0 Å². The zero-order valence-electron chi connectivity index (χ0n) is 12.4. The maximum atomic E-state index is 5.80. The maximum absolute atomic E-state index is 5.80. The van der Waals surface area contributed by atoms with Crippen molar-refractivity contribution in [3.05, 3.63) is 53.2 Å². The van der Waals surface area contributed by atoms with Gasteiger partial charge >= 0.3 is 0 Å². The molecule has 0 unspecified atom stereocenters. The van der Waals surface area contributed by atoms with Gasteiger partial charge in [0.15, 0.2) is 0 Å². The summed E-state index contributed by atoms with van der Waals surface area (Å²) in [6.45, 7) is 7.76. The minimum absolute atomic E-state index is 0.490. The molecule has 1 heterocycles. The van der Waals surface area contributed by atoms with Crippen LogP contribution in [0.5, 0.6) is 5.75 Å². The second-order valence-corrected chi connectivity index (χ2v) is 4.98. The highest BCUT2D eigenvalue weighted by Crippen LogP contribution is 2.17. The fourth-order valence-electron chi connectivity index (χ4n) is 1.87. The molecule has 0 saturated heterocycles. The van der Waals surface area contributed by atoms with E-state index in [1.165, 1.54) is 11.1 Å². The molecule has 0 bridgehead atoms. The van der Waals surface area contributed by atoms with Gasteiger partial charge in [0.2, 0.25) is 0 Å². The molecular weight excluding hydrogens is 248 g/mol. The van der Waals surface area contributed by atoms with Crippen LogP contribution in [0.3, 0.4) is 0 Å². The lowest BCUT2D eigenvalue weighted by Crippen LogP contribution is -2.05. The van der Waals surface area contributed by atoms with Gasteiger partial charge in [0.25, 0.3) is 0 Å². The molecule has 0 radical (unpaired) electrons. The number of hydrogen-bond acceptors (Lipinski definition) is 3. The van der Waals surface area contributed by atoms with Crippen molar-refractivity contribution in [2.75, 3.05) is 11.9 Å². The Hall–Kier alpha value is -2.03. The fraction of sp³-hybridized carbons (Fsp3) is 0.353. The lowest BCUT2D eigenvalue weighted by Gasteiger charge is -2.09. The molecule has 106 valence electrons. The Kier molecular flexibility index (Phi) is 4.99. The minimum Gasteiger partial charge on any atom is -0.487 e. The SMILES string of the molecule is CCCNc1cccc(COc2ccc(C)c(C)c2)n1. The number of aryl methyl sites for hydroxylation is 2. The molecule has 1 aromatic carbocycles. The van der Waals surface area contributed by atoms with Crippen molar-refractivity contribution in [1.82, 2.24) is 4.98 Å². The molecule has 2 aromatic rings. The normalized spacial score (nSPS) is 10.3. The first-order valence-corrected chi connectivity index (χ1v) is 7.09. The fourth-order valence-corrected chi connectivity index (χ4v) is 1.87. The van der Waals surface area contributed by atoms with Gasteiger partial charge in [-0.15, -0.1) is 0 Å². The van der Waals surface area contributed by atoms with E-state index in [4.69, 9.17) is 4.74 Å². The van der Waals surface area contributed by atoms with Crippen molar-refractivity contribution in [3.8, 4) is 5.75 Å². The molecule has 0 aliphatic rings. The van der Waals surface area contributed by atoms with E-state index in [1.54, 1.807) is 0 Å². The number of nitrogens with zero attached hydrogens (tertiary/aromatic N) is 1. The number of anilines is 1. The Balaban J connectivity index is 1.97. The number of pyridine rings is 1. The highest BCUT2D eigenvalue weighted by Gasteiger charge is 2.01. The third-order valence-electron chi connectivity index (χ3n) is 3.23. The third-order valence-corrected chi connectivity index (χ3v) is 3.23. The Labute approximate surface area is 121 Å². The van der Waals surface area contributed by atoms with E-state index in [9.17, 15) is 0 Å². The standard InChI is InChI=1S/C17H22N2O/c1-4-10-18-17-7-5-6-15(19-17)12-20-16-9-8-13(2)14(3)11-16/h5-9,11H,4,10,12H2,1-3H3,(H,18,19). The van der Waals surface area contributed by atoms with Gasteiger partial charge in [-0.2, -0.15) is 0 Å². The van der Waals surface area contributed by atoms with Crippen LogP contribution in [0.1, 0.15) is 30.2 Å². The minimum atomic E-state index is 0.490. The summed E-state index contributed by atoms with van der Waals surface area (Å²) in [6, 6.07) is 12.1. The summed E-state index contributed by atoms with van der Waals surface area (Å²) in [5.41, 5.74) is 3.46. The second-order valence-electron chi connectivity index (χ2n) is 4.98. The number of hydrogen-bond donors (Lipinski definition) is 1. The molecule has 1 aromatic heterocycles. The molecule has 1 N–H and O–H groups in total. The average Bonchev–Trinajstić information content (AvgIpc) is 2.47. The molecule has 0 fully saturated rings. The topological polar surface area (TPSA) is 34.1 Å². The van der Waals surface area contributed by atoms with Crippen LogP contribution in [0, 0.1) is 13.8 Å². The van der Waals surface area contributed by atoms with Crippen molar-refractivity contribution >= 4 is 5.82 Å². The summed E-state index contributed by atoms with van der Waals surface area (Å²) in [6.07, 6.45) is 1.09. The number of ether oxygens (including phenoxy) is 1. The van der Waals surface area contributed by atoms with Crippen LogP contribution in [0.25, 0.3) is 0 Å². The summed E-state index contributed by atoms with van der Waals surface area (Å²) >= 11 is 0.